The average Bonchev–Trinajstić information content (AvgIpc) is 2.31. The number of hydrogen-bond acceptors (Lipinski definition) is 2. The molecule has 0 atom stereocenters. The Morgan fingerprint density at radius 1 is 0.765 bits per heavy atom. The van der Waals surface area contributed by atoms with Crippen LogP contribution in [-0.2, 0) is 11.4 Å². The molecule has 0 spiro atoms. The van der Waals surface area contributed by atoms with Gasteiger partial charge in [0.05, 0.1) is 0 Å². The van der Waals surface area contributed by atoms with Crippen LogP contribution in [0.25, 0.3) is 0 Å². The van der Waals surface area contributed by atoms with Gasteiger partial charge in [-0.15, -0.1) is 0 Å². The van der Waals surface area contributed by atoms with Crippen LogP contribution in [0.5, 0.6) is 11.5 Å². The Morgan fingerprint density at radius 3 is 1.35 bits per heavy atom. The van der Waals surface area contributed by atoms with E-state index in [2.05, 4.69) is 0 Å². The van der Waals surface area contributed by atoms with Crippen LogP contribution in [0, 0.1) is 0 Å². The van der Waals surface area contributed by atoms with E-state index >= 15 is 0 Å². The van der Waals surface area contributed by atoms with Crippen molar-refractivity contribution in [1.29, 1.82) is 0 Å². The van der Waals surface area contributed by atoms with E-state index in [4.69, 9.17) is 18.1 Å². The number of benzene rings is 2. The maximum Gasteiger partial charge on any atom is 0.299 e. The monoisotopic (exact) mass is 252 g/mol. The topological polar surface area (TPSA) is 66.8 Å². The fourth-order valence-electron chi connectivity index (χ4n) is 1.11. The van der Waals surface area contributed by atoms with Gasteiger partial charge in [0.15, 0.2) is 0 Å². The van der Waals surface area contributed by atoms with E-state index in [1.807, 2.05) is 60.7 Å². The fourth-order valence-corrected chi connectivity index (χ4v) is 1.11. The van der Waals surface area contributed by atoms with Gasteiger partial charge < -0.3 is 4.74 Å². The molecule has 2 aromatic carbocycles. The second kappa shape index (κ2) is 7.56. The standard InChI is InChI=1S/C12H10O.H2O3S/c1-3-7-11(8-4-1)13-12-9-5-2-6-10-12;1-4(2)3/h1-10H;(H2,1,2,3). The molecule has 0 aromatic heterocycles. The van der Waals surface area contributed by atoms with Gasteiger partial charge in [-0.05, 0) is 24.3 Å². The molecule has 0 bridgehead atoms. The van der Waals surface area contributed by atoms with Gasteiger partial charge in [0.1, 0.15) is 11.5 Å². The van der Waals surface area contributed by atoms with E-state index in [1.165, 1.54) is 0 Å². The van der Waals surface area contributed by atoms with Gasteiger partial charge in [-0.3, -0.25) is 9.11 Å². The van der Waals surface area contributed by atoms with Crippen molar-refractivity contribution in [3.05, 3.63) is 60.7 Å². The Hall–Kier alpha value is -1.69. The van der Waals surface area contributed by atoms with Crippen LogP contribution < -0.4 is 4.74 Å². The third-order valence-corrected chi connectivity index (χ3v) is 1.72. The number of para-hydroxylation sites is 2. The summed E-state index contributed by atoms with van der Waals surface area (Å²) in [7, 11) is 0. The molecule has 17 heavy (non-hydrogen) atoms. The van der Waals surface area contributed by atoms with Gasteiger partial charge in [-0.1, -0.05) is 36.4 Å². The molecule has 0 saturated carbocycles. The Kier molecular flexibility index (Phi) is 5.95. The van der Waals surface area contributed by atoms with Crippen LogP contribution in [0.15, 0.2) is 60.7 Å². The van der Waals surface area contributed by atoms with Crippen molar-refractivity contribution >= 4 is 11.4 Å². The van der Waals surface area contributed by atoms with Crippen molar-refractivity contribution in [3.8, 4) is 11.5 Å². The van der Waals surface area contributed by atoms with Gasteiger partial charge in [0.2, 0.25) is 0 Å². The van der Waals surface area contributed by atoms with Gasteiger partial charge in [-0.25, -0.2) is 0 Å². The molecule has 2 rings (SSSR count). The Labute approximate surface area is 102 Å². The number of rotatable bonds is 2. The van der Waals surface area contributed by atoms with Gasteiger partial charge >= 0.3 is 0 Å². The summed E-state index contributed by atoms with van der Waals surface area (Å²) in [6, 6.07) is 19.5. The van der Waals surface area contributed by atoms with Crippen LogP contribution >= 0.6 is 0 Å². The smallest absolute Gasteiger partial charge is 0.299 e. The molecule has 0 aliphatic rings. The van der Waals surface area contributed by atoms with Crippen LogP contribution in [0.3, 0.4) is 0 Å². The summed E-state index contributed by atoms with van der Waals surface area (Å²) in [6.07, 6.45) is 0. The van der Waals surface area contributed by atoms with Crippen molar-refractivity contribution in [2.45, 2.75) is 0 Å². The summed E-state index contributed by atoms with van der Waals surface area (Å²) >= 11 is -2.61. The van der Waals surface area contributed by atoms with Crippen molar-refractivity contribution in [3.63, 3.8) is 0 Å². The van der Waals surface area contributed by atoms with E-state index in [1.54, 1.807) is 0 Å². The SMILES string of the molecule is O=S(O)O.c1ccc(Oc2ccccc2)cc1. The van der Waals surface area contributed by atoms with Gasteiger partial charge in [0, 0.05) is 0 Å². The number of hydrogen-bond donors (Lipinski definition) is 2. The Balaban J connectivity index is 0.000000317. The second-order valence-electron chi connectivity index (χ2n) is 2.96. The Morgan fingerprint density at radius 2 is 1.06 bits per heavy atom. The zero-order valence-electron chi connectivity index (χ0n) is 8.89. The largest absolute Gasteiger partial charge is 0.457 e. The summed E-state index contributed by atoms with van der Waals surface area (Å²) in [5.74, 6) is 1.74. The van der Waals surface area contributed by atoms with Crippen molar-refractivity contribution < 1.29 is 18.1 Å². The normalized spacial score (nSPS) is 9.35. The highest BCUT2D eigenvalue weighted by Crippen LogP contribution is 2.19. The lowest BCUT2D eigenvalue weighted by atomic mass is 10.3. The Bertz CT molecular complexity index is 403. The van der Waals surface area contributed by atoms with E-state index in [9.17, 15) is 0 Å². The molecule has 0 heterocycles. The first-order chi connectivity index (χ1) is 8.18. The third-order valence-electron chi connectivity index (χ3n) is 1.72. The van der Waals surface area contributed by atoms with E-state index in [0.29, 0.717) is 0 Å². The zero-order chi connectivity index (χ0) is 12.5. The molecule has 2 aromatic rings. The van der Waals surface area contributed by atoms with Gasteiger partial charge in [0.25, 0.3) is 11.4 Å². The molecule has 0 saturated heterocycles. The summed E-state index contributed by atoms with van der Waals surface area (Å²) in [6.45, 7) is 0. The summed E-state index contributed by atoms with van der Waals surface area (Å²) in [5.41, 5.74) is 0. The quantitative estimate of drug-likeness (QED) is 0.806. The first kappa shape index (κ1) is 13.4. The minimum absolute atomic E-state index is 0.869. The molecular weight excluding hydrogens is 240 g/mol. The highest BCUT2D eigenvalue weighted by molar-refractivity contribution is 7.73. The molecular formula is C12H12O4S. The molecule has 0 aliphatic heterocycles. The van der Waals surface area contributed by atoms with Crippen LogP contribution in [-0.4, -0.2) is 13.3 Å². The molecule has 5 heteroatoms. The van der Waals surface area contributed by atoms with Crippen LogP contribution in [0.2, 0.25) is 0 Å². The predicted molar refractivity (Wildman–Crippen MR) is 66.4 cm³/mol. The molecule has 90 valence electrons. The fraction of sp³-hybridized carbons (Fsp3) is 0. The minimum atomic E-state index is -2.61. The van der Waals surface area contributed by atoms with Crippen LogP contribution in [0.1, 0.15) is 0 Å². The van der Waals surface area contributed by atoms with E-state index in [0.717, 1.165) is 11.5 Å². The molecule has 0 aliphatic carbocycles. The van der Waals surface area contributed by atoms with Crippen molar-refractivity contribution in [1.82, 2.24) is 0 Å². The summed E-state index contributed by atoms with van der Waals surface area (Å²) < 4.78 is 28.4. The molecule has 0 radical (unpaired) electrons. The molecule has 0 unspecified atom stereocenters. The molecule has 0 amide bonds. The summed E-state index contributed by atoms with van der Waals surface area (Å²) in [4.78, 5) is 0. The number of ether oxygens (including phenoxy) is 1. The molecule has 2 N–H and O–H groups in total. The maximum absolute atomic E-state index is 8.67. The van der Waals surface area contributed by atoms with Crippen molar-refractivity contribution in [2.24, 2.45) is 0 Å². The maximum atomic E-state index is 8.67. The van der Waals surface area contributed by atoms with Crippen molar-refractivity contribution in [2.75, 3.05) is 0 Å². The first-order valence-electron chi connectivity index (χ1n) is 4.76. The molecule has 0 fully saturated rings. The third kappa shape index (κ3) is 6.47. The van der Waals surface area contributed by atoms with Gasteiger partial charge in [-0.2, -0.15) is 4.21 Å². The zero-order valence-corrected chi connectivity index (χ0v) is 9.71. The van der Waals surface area contributed by atoms with E-state index < -0.39 is 11.4 Å². The first-order valence-corrected chi connectivity index (χ1v) is 5.83. The summed E-state index contributed by atoms with van der Waals surface area (Å²) in [5, 5.41) is 0. The lowest BCUT2D eigenvalue weighted by Gasteiger charge is -2.03. The lowest BCUT2D eigenvalue weighted by Crippen LogP contribution is -1.81. The van der Waals surface area contributed by atoms with E-state index in [-0.39, 0.29) is 0 Å². The molecule has 4 nitrogen and oxygen atoms in total. The average molecular weight is 252 g/mol. The minimum Gasteiger partial charge on any atom is -0.457 e. The lowest BCUT2D eigenvalue weighted by molar-refractivity contribution is 0.454. The van der Waals surface area contributed by atoms with Crippen LogP contribution in [0.4, 0.5) is 0 Å². The second-order valence-corrected chi connectivity index (χ2v) is 3.42. The highest BCUT2D eigenvalue weighted by Gasteiger charge is 1.92. The highest BCUT2D eigenvalue weighted by atomic mass is 32.2. The predicted octanol–water partition coefficient (Wildman–Crippen LogP) is 3.16.